The number of hydrogen-bond acceptors (Lipinski definition) is 7. The first-order valence-electron chi connectivity index (χ1n) is 10.8. The molecule has 4 N–H and O–H groups in total. The van der Waals surface area contributed by atoms with Crippen LogP contribution in [0.5, 0.6) is 11.5 Å². The number of halogens is 1. The van der Waals surface area contributed by atoms with E-state index in [1.54, 1.807) is 66.7 Å². The Kier molecular flexibility index (Phi) is 6.32. The van der Waals surface area contributed by atoms with Gasteiger partial charge in [-0.2, -0.15) is 0 Å². The van der Waals surface area contributed by atoms with Crippen molar-refractivity contribution in [2.45, 2.75) is 4.90 Å². The summed E-state index contributed by atoms with van der Waals surface area (Å²) in [6.45, 7) is 0. The monoisotopic (exact) mass is 517 g/mol. The van der Waals surface area contributed by atoms with Gasteiger partial charge in [0.05, 0.1) is 15.9 Å². The molecule has 0 saturated carbocycles. The average molecular weight is 518 g/mol. The molecule has 0 aliphatic rings. The van der Waals surface area contributed by atoms with Gasteiger partial charge in [-0.25, -0.2) is 18.4 Å². The lowest BCUT2D eigenvalue weighted by atomic mass is 10.2. The maximum Gasteiger partial charge on any atom is 0.263 e. The second-order valence-electron chi connectivity index (χ2n) is 7.79. The van der Waals surface area contributed by atoms with Gasteiger partial charge in [0.15, 0.2) is 11.6 Å². The van der Waals surface area contributed by atoms with Gasteiger partial charge < -0.3 is 15.8 Å². The minimum Gasteiger partial charge on any atom is -0.457 e. The van der Waals surface area contributed by atoms with Crippen molar-refractivity contribution in [2.75, 3.05) is 15.8 Å². The van der Waals surface area contributed by atoms with Crippen molar-refractivity contribution >= 4 is 55.7 Å². The lowest BCUT2D eigenvalue weighted by molar-refractivity contribution is 0.483. The van der Waals surface area contributed by atoms with E-state index in [1.807, 2.05) is 6.07 Å². The Morgan fingerprint density at radius 1 is 0.722 bits per heavy atom. The molecule has 5 aromatic rings. The summed E-state index contributed by atoms with van der Waals surface area (Å²) < 4.78 is 34.4. The number of hydrogen-bond donors (Lipinski definition) is 3. The quantitative estimate of drug-likeness (QED) is 0.220. The summed E-state index contributed by atoms with van der Waals surface area (Å²) in [6, 6.07) is 27.3. The van der Waals surface area contributed by atoms with E-state index in [4.69, 9.17) is 22.1 Å². The summed E-state index contributed by atoms with van der Waals surface area (Å²) in [5.74, 6) is 1.59. The average Bonchev–Trinajstić information content (AvgIpc) is 2.87. The van der Waals surface area contributed by atoms with Crippen molar-refractivity contribution in [2.24, 2.45) is 0 Å². The van der Waals surface area contributed by atoms with Crippen LogP contribution in [0.25, 0.3) is 11.0 Å². The lowest BCUT2D eigenvalue weighted by Crippen LogP contribution is -2.16. The molecule has 1 heterocycles. The standard InChI is InChI=1S/C26H20ClN5O3S/c27-17-5-15-22(16-6-17)36(33,34)32-26-25(30-23-3-1-2-4-24(23)31-26)29-19-9-13-21(14-10-19)35-20-11-7-18(28)8-12-20/h1-16H,28H2,(H,29,30)(H,31,32). The topological polar surface area (TPSA) is 119 Å². The van der Waals surface area contributed by atoms with Crippen molar-refractivity contribution < 1.29 is 13.2 Å². The van der Waals surface area contributed by atoms with E-state index < -0.39 is 10.0 Å². The van der Waals surface area contributed by atoms with Gasteiger partial charge in [-0.1, -0.05) is 23.7 Å². The number of nitrogens with one attached hydrogen (secondary N) is 2. The zero-order chi connectivity index (χ0) is 25.1. The molecule has 4 aromatic carbocycles. The number of nitrogens with two attached hydrogens (primary N) is 1. The van der Waals surface area contributed by atoms with Crippen LogP contribution in [0.4, 0.5) is 23.0 Å². The predicted molar refractivity (Wildman–Crippen MR) is 142 cm³/mol. The molecule has 8 nitrogen and oxygen atoms in total. The molecule has 0 saturated heterocycles. The minimum atomic E-state index is -3.94. The molecule has 0 aliphatic carbocycles. The van der Waals surface area contributed by atoms with Crippen molar-refractivity contribution in [1.82, 2.24) is 9.97 Å². The van der Waals surface area contributed by atoms with Gasteiger partial charge >= 0.3 is 0 Å². The molecule has 1 aromatic heterocycles. The molecule has 10 heteroatoms. The Morgan fingerprint density at radius 3 is 1.89 bits per heavy atom. The fourth-order valence-electron chi connectivity index (χ4n) is 3.37. The summed E-state index contributed by atoms with van der Waals surface area (Å²) in [5, 5.41) is 3.59. The highest BCUT2D eigenvalue weighted by Crippen LogP contribution is 2.29. The van der Waals surface area contributed by atoms with Crippen molar-refractivity contribution in [1.29, 1.82) is 0 Å². The maximum atomic E-state index is 13.0. The number of para-hydroxylation sites is 2. The van der Waals surface area contributed by atoms with Gasteiger partial charge in [-0.3, -0.25) is 4.72 Å². The van der Waals surface area contributed by atoms with Gasteiger partial charge in [-0.15, -0.1) is 0 Å². The number of aromatic nitrogens is 2. The van der Waals surface area contributed by atoms with Crippen LogP contribution in [0.3, 0.4) is 0 Å². The number of benzene rings is 4. The second kappa shape index (κ2) is 9.73. The largest absolute Gasteiger partial charge is 0.457 e. The van der Waals surface area contributed by atoms with E-state index in [-0.39, 0.29) is 16.5 Å². The van der Waals surface area contributed by atoms with Crippen LogP contribution in [0.2, 0.25) is 5.02 Å². The number of nitrogens with zero attached hydrogens (tertiary/aromatic N) is 2. The third-order valence-electron chi connectivity index (χ3n) is 5.16. The molecular formula is C26H20ClN5O3S. The molecule has 36 heavy (non-hydrogen) atoms. The third kappa shape index (κ3) is 5.32. The first-order chi connectivity index (χ1) is 17.4. The number of rotatable bonds is 7. The maximum absolute atomic E-state index is 13.0. The molecule has 0 unspecified atom stereocenters. The van der Waals surface area contributed by atoms with Crippen LogP contribution in [-0.2, 0) is 10.0 Å². The van der Waals surface area contributed by atoms with Crippen LogP contribution in [0.15, 0.2) is 102 Å². The summed E-state index contributed by atoms with van der Waals surface area (Å²) >= 11 is 5.90. The van der Waals surface area contributed by atoms with Gasteiger partial charge in [0.2, 0.25) is 0 Å². The first-order valence-corrected chi connectivity index (χ1v) is 12.7. The fourth-order valence-corrected chi connectivity index (χ4v) is 4.51. The molecule has 0 amide bonds. The molecule has 5 rings (SSSR count). The Bertz CT molecular complexity index is 1630. The van der Waals surface area contributed by atoms with Crippen molar-refractivity contribution in [3.63, 3.8) is 0 Å². The highest BCUT2D eigenvalue weighted by molar-refractivity contribution is 7.92. The van der Waals surface area contributed by atoms with Gasteiger partial charge in [-0.05, 0) is 84.9 Å². The predicted octanol–water partition coefficient (Wildman–Crippen LogP) is 6.20. The Morgan fingerprint density at radius 2 is 1.28 bits per heavy atom. The summed E-state index contributed by atoms with van der Waals surface area (Å²) in [5.41, 5.74) is 8.19. The van der Waals surface area contributed by atoms with E-state index in [9.17, 15) is 8.42 Å². The molecule has 0 bridgehead atoms. The molecule has 0 radical (unpaired) electrons. The number of sulfonamides is 1. The molecule has 0 fully saturated rings. The van der Waals surface area contributed by atoms with Crippen LogP contribution < -0.4 is 20.5 Å². The number of anilines is 4. The van der Waals surface area contributed by atoms with E-state index >= 15 is 0 Å². The Hall–Kier alpha value is -4.34. The summed E-state index contributed by atoms with van der Waals surface area (Å²) in [6.07, 6.45) is 0. The molecule has 0 atom stereocenters. The zero-order valence-corrected chi connectivity index (χ0v) is 20.3. The minimum absolute atomic E-state index is 0.0528. The smallest absolute Gasteiger partial charge is 0.263 e. The normalized spacial score (nSPS) is 11.2. The van der Waals surface area contributed by atoms with E-state index in [0.717, 1.165) is 0 Å². The van der Waals surface area contributed by atoms with Crippen LogP contribution in [0, 0.1) is 0 Å². The van der Waals surface area contributed by atoms with Crippen LogP contribution >= 0.6 is 11.6 Å². The third-order valence-corrected chi connectivity index (χ3v) is 6.77. The highest BCUT2D eigenvalue weighted by atomic mass is 35.5. The Balaban J connectivity index is 1.43. The summed E-state index contributed by atoms with van der Waals surface area (Å²) in [4.78, 5) is 9.15. The second-order valence-corrected chi connectivity index (χ2v) is 9.91. The number of ether oxygens (including phenoxy) is 1. The molecule has 0 aliphatic heterocycles. The van der Waals surface area contributed by atoms with E-state index in [2.05, 4.69) is 20.0 Å². The number of nitrogen functional groups attached to an aromatic ring is 1. The van der Waals surface area contributed by atoms with E-state index in [0.29, 0.717) is 38.9 Å². The number of fused-ring (bicyclic) bond motifs is 1. The van der Waals surface area contributed by atoms with Gasteiger partial charge in [0, 0.05) is 16.4 Å². The Labute approximate surface area is 212 Å². The van der Waals surface area contributed by atoms with Crippen molar-refractivity contribution in [3.05, 3.63) is 102 Å². The van der Waals surface area contributed by atoms with Crippen molar-refractivity contribution in [3.8, 4) is 11.5 Å². The first kappa shape index (κ1) is 23.4. The lowest BCUT2D eigenvalue weighted by Gasteiger charge is -2.14. The molecular weight excluding hydrogens is 498 g/mol. The highest BCUT2D eigenvalue weighted by Gasteiger charge is 2.19. The van der Waals surface area contributed by atoms with Crippen LogP contribution in [-0.4, -0.2) is 18.4 Å². The fraction of sp³-hybridized carbons (Fsp3) is 0. The zero-order valence-electron chi connectivity index (χ0n) is 18.7. The van der Waals surface area contributed by atoms with Crippen LogP contribution in [0.1, 0.15) is 0 Å². The molecule has 180 valence electrons. The van der Waals surface area contributed by atoms with Gasteiger partial charge in [0.25, 0.3) is 10.0 Å². The van der Waals surface area contributed by atoms with Gasteiger partial charge in [0.1, 0.15) is 11.5 Å². The molecule has 0 spiro atoms. The summed E-state index contributed by atoms with van der Waals surface area (Å²) in [7, 11) is -3.94. The van der Waals surface area contributed by atoms with E-state index in [1.165, 1.54) is 24.3 Å². The SMILES string of the molecule is Nc1ccc(Oc2ccc(Nc3nc4ccccc4nc3NS(=O)(=O)c3ccc(Cl)cc3)cc2)cc1.